The molecule has 0 saturated heterocycles. The van der Waals surface area contributed by atoms with Crippen molar-refractivity contribution >= 4 is 23.1 Å². The minimum atomic E-state index is -0.379. The molecule has 0 aliphatic carbocycles. The lowest BCUT2D eigenvalue weighted by Gasteiger charge is -2.06. The summed E-state index contributed by atoms with van der Waals surface area (Å²) in [6.07, 6.45) is 0. The molecule has 1 aromatic heterocycles. The van der Waals surface area contributed by atoms with Gasteiger partial charge in [-0.25, -0.2) is 4.98 Å². The zero-order chi connectivity index (χ0) is 15.4. The first-order chi connectivity index (χ1) is 10.0. The summed E-state index contributed by atoms with van der Waals surface area (Å²) in [6, 6.07) is 5.09. The molecule has 0 atom stereocenters. The first-order valence-electron chi connectivity index (χ1n) is 6.59. The van der Waals surface area contributed by atoms with Gasteiger partial charge in [-0.15, -0.1) is 0 Å². The first kappa shape index (κ1) is 15.4. The number of oxazole rings is 1. The fourth-order valence-corrected chi connectivity index (χ4v) is 2.67. The van der Waals surface area contributed by atoms with Crippen LogP contribution in [-0.4, -0.2) is 16.5 Å². The second kappa shape index (κ2) is 6.62. The molecule has 0 spiro atoms. The van der Waals surface area contributed by atoms with E-state index >= 15 is 0 Å². The van der Waals surface area contributed by atoms with Gasteiger partial charge in [0.2, 0.25) is 0 Å². The molecule has 1 N–H and O–H groups in total. The summed E-state index contributed by atoms with van der Waals surface area (Å²) in [6.45, 7) is 6.32. The Morgan fingerprint density at radius 1 is 1.43 bits per heavy atom. The van der Waals surface area contributed by atoms with Crippen molar-refractivity contribution in [2.24, 2.45) is 0 Å². The van der Waals surface area contributed by atoms with Crippen LogP contribution in [0.5, 0.6) is 0 Å². The third-order valence-corrected chi connectivity index (χ3v) is 3.90. The lowest BCUT2D eigenvalue weighted by molar-refractivity contribution is -0.384. The van der Waals surface area contributed by atoms with Gasteiger partial charge in [0.05, 0.1) is 10.6 Å². The Morgan fingerprint density at radius 2 is 2.19 bits per heavy atom. The molecule has 0 aliphatic rings. The summed E-state index contributed by atoms with van der Waals surface area (Å²) in [5.74, 6) is 1.46. The van der Waals surface area contributed by atoms with Crippen molar-refractivity contribution in [3.8, 4) is 0 Å². The average Bonchev–Trinajstić information content (AvgIpc) is 2.76. The minimum Gasteiger partial charge on any atom is -0.437 e. The Kier molecular flexibility index (Phi) is 4.85. The molecule has 0 amide bonds. The van der Waals surface area contributed by atoms with Gasteiger partial charge in [-0.3, -0.25) is 10.1 Å². The van der Waals surface area contributed by atoms with E-state index in [2.05, 4.69) is 10.3 Å². The number of aromatic nitrogens is 1. The third kappa shape index (κ3) is 3.75. The van der Waals surface area contributed by atoms with E-state index in [1.165, 1.54) is 17.8 Å². The number of nitro groups is 1. The molecule has 6 nitrogen and oxygen atoms in total. The smallest absolute Gasteiger partial charge is 0.292 e. The molecule has 0 saturated carbocycles. The second-order valence-electron chi connectivity index (χ2n) is 4.55. The van der Waals surface area contributed by atoms with Gasteiger partial charge in [-0.05, 0) is 32.4 Å². The summed E-state index contributed by atoms with van der Waals surface area (Å²) in [7, 11) is 0. The van der Waals surface area contributed by atoms with Crippen molar-refractivity contribution in [2.45, 2.75) is 31.7 Å². The largest absolute Gasteiger partial charge is 0.437 e. The van der Waals surface area contributed by atoms with E-state index in [4.69, 9.17) is 4.42 Å². The van der Waals surface area contributed by atoms with Crippen molar-refractivity contribution < 1.29 is 9.34 Å². The van der Waals surface area contributed by atoms with Crippen LogP contribution in [0.25, 0.3) is 0 Å². The van der Waals surface area contributed by atoms with Crippen LogP contribution in [0, 0.1) is 24.0 Å². The number of nitro benzene ring substituents is 1. The maximum absolute atomic E-state index is 11.0. The normalized spacial score (nSPS) is 10.6. The molecule has 112 valence electrons. The molecular weight excluding hydrogens is 290 g/mol. The highest BCUT2D eigenvalue weighted by Gasteiger charge is 2.14. The Labute approximate surface area is 127 Å². The molecule has 0 bridgehead atoms. The van der Waals surface area contributed by atoms with Crippen LogP contribution >= 0.6 is 11.8 Å². The molecular formula is C14H17N3O3S. The standard InChI is InChI=1S/C14H17N3O3S/c1-4-15-12-7-11(5-6-13(12)17(18)19)8-21-14-16-9(2)10(3)20-14/h5-7,15H,4,8H2,1-3H3. The van der Waals surface area contributed by atoms with Crippen LogP contribution < -0.4 is 5.32 Å². The van der Waals surface area contributed by atoms with E-state index in [1.54, 1.807) is 12.1 Å². The highest BCUT2D eigenvalue weighted by Crippen LogP contribution is 2.29. The predicted molar refractivity (Wildman–Crippen MR) is 82.8 cm³/mol. The van der Waals surface area contributed by atoms with E-state index in [9.17, 15) is 10.1 Å². The monoisotopic (exact) mass is 307 g/mol. The maximum atomic E-state index is 11.0. The maximum Gasteiger partial charge on any atom is 0.292 e. The van der Waals surface area contributed by atoms with Gasteiger partial charge in [0.15, 0.2) is 0 Å². The van der Waals surface area contributed by atoms with E-state index in [-0.39, 0.29) is 10.6 Å². The van der Waals surface area contributed by atoms with E-state index in [0.29, 0.717) is 23.2 Å². The summed E-state index contributed by atoms with van der Waals surface area (Å²) in [4.78, 5) is 14.9. The zero-order valence-electron chi connectivity index (χ0n) is 12.2. The first-order valence-corrected chi connectivity index (χ1v) is 7.57. The summed E-state index contributed by atoms with van der Waals surface area (Å²) >= 11 is 1.47. The topological polar surface area (TPSA) is 81.2 Å². The number of anilines is 1. The molecule has 7 heteroatoms. The summed E-state index contributed by atoms with van der Waals surface area (Å²) < 4.78 is 5.50. The number of nitrogens with zero attached hydrogens (tertiary/aromatic N) is 2. The van der Waals surface area contributed by atoms with Gasteiger partial charge in [0, 0.05) is 18.4 Å². The molecule has 1 aromatic carbocycles. The molecule has 2 aromatic rings. The molecule has 0 fully saturated rings. The third-order valence-electron chi connectivity index (χ3n) is 3.00. The van der Waals surface area contributed by atoms with Crippen molar-refractivity contribution in [3.63, 3.8) is 0 Å². The highest BCUT2D eigenvalue weighted by molar-refractivity contribution is 7.98. The number of rotatable bonds is 6. The van der Waals surface area contributed by atoms with E-state index in [0.717, 1.165) is 17.0 Å². The zero-order valence-corrected chi connectivity index (χ0v) is 13.0. The van der Waals surface area contributed by atoms with Crippen molar-refractivity contribution in [1.82, 2.24) is 4.98 Å². The molecule has 1 heterocycles. The fraction of sp³-hybridized carbons (Fsp3) is 0.357. The van der Waals surface area contributed by atoms with Gasteiger partial charge < -0.3 is 9.73 Å². The van der Waals surface area contributed by atoms with Crippen LogP contribution in [0.3, 0.4) is 0 Å². The Bertz CT molecular complexity index is 635. The number of thioether (sulfide) groups is 1. The second-order valence-corrected chi connectivity index (χ2v) is 5.48. The number of hydrogen-bond acceptors (Lipinski definition) is 6. The van der Waals surface area contributed by atoms with Crippen LogP contribution in [0.4, 0.5) is 11.4 Å². The molecule has 21 heavy (non-hydrogen) atoms. The summed E-state index contributed by atoms with van der Waals surface area (Å²) in [5, 5.41) is 14.6. The van der Waals surface area contributed by atoms with E-state index in [1.807, 2.05) is 20.8 Å². The van der Waals surface area contributed by atoms with Crippen molar-refractivity contribution in [1.29, 1.82) is 0 Å². The SMILES string of the molecule is CCNc1cc(CSc2nc(C)c(C)o2)ccc1[N+](=O)[O-]. The van der Waals surface area contributed by atoms with Crippen LogP contribution in [-0.2, 0) is 5.75 Å². The van der Waals surface area contributed by atoms with Gasteiger partial charge in [-0.2, -0.15) is 0 Å². The number of benzene rings is 1. The summed E-state index contributed by atoms with van der Waals surface area (Å²) in [5.41, 5.74) is 2.50. The van der Waals surface area contributed by atoms with Gasteiger partial charge >= 0.3 is 0 Å². The fourth-order valence-electron chi connectivity index (χ4n) is 1.81. The minimum absolute atomic E-state index is 0.0911. The van der Waals surface area contributed by atoms with Crippen molar-refractivity contribution in [2.75, 3.05) is 11.9 Å². The highest BCUT2D eigenvalue weighted by atomic mass is 32.2. The number of aryl methyl sites for hydroxylation is 2. The quantitative estimate of drug-likeness (QED) is 0.495. The van der Waals surface area contributed by atoms with Crippen LogP contribution in [0.1, 0.15) is 23.9 Å². The number of hydrogen-bond donors (Lipinski definition) is 1. The lowest BCUT2D eigenvalue weighted by Crippen LogP contribution is -2.01. The molecule has 0 unspecified atom stereocenters. The Morgan fingerprint density at radius 3 is 2.76 bits per heavy atom. The lowest BCUT2D eigenvalue weighted by atomic mass is 10.2. The van der Waals surface area contributed by atoms with Gasteiger partial charge in [-0.1, -0.05) is 17.8 Å². The Hall–Kier alpha value is -2.02. The molecule has 0 aliphatic heterocycles. The van der Waals surface area contributed by atoms with Crippen LogP contribution in [0.2, 0.25) is 0 Å². The van der Waals surface area contributed by atoms with Crippen LogP contribution in [0.15, 0.2) is 27.8 Å². The Balaban J connectivity index is 2.13. The van der Waals surface area contributed by atoms with Gasteiger partial charge in [0.25, 0.3) is 10.9 Å². The molecule has 2 rings (SSSR count). The number of nitrogens with one attached hydrogen (secondary N) is 1. The van der Waals surface area contributed by atoms with Gasteiger partial charge in [0.1, 0.15) is 11.4 Å². The predicted octanol–water partition coefficient (Wildman–Crippen LogP) is 3.92. The van der Waals surface area contributed by atoms with E-state index < -0.39 is 0 Å². The molecule has 0 radical (unpaired) electrons. The van der Waals surface area contributed by atoms with Crippen molar-refractivity contribution in [3.05, 3.63) is 45.3 Å². The average molecular weight is 307 g/mol.